The van der Waals surface area contributed by atoms with Gasteiger partial charge in [0.15, 0.2) is 0 Å². The van der Waals surface area contributed by atoms with Crippen LogP contribution < -0.4 is 14.8 Å². The fourth-order valence-corrected chi connectivity index (χ4v) is 2.49. The van der Waals surface area contributed by atoms with Crippen molar-refractivity contribution >= 4 is 21.7 Å². The summed E-state index contributed by atoms with van der Waals surface area (Å²) in [6, 6.07) is 11.3. The summed E-state index contributed by atoms with van der Waals surface area (Å²) < 4.78 is 32.0. The average molecular weight is 350 g/mol. The molecule has 0 atom stereocenters. The Bertz CT molecular complexity index is 744. The third-order valence-corrected chi connectivity index (χ3v) is 4.81. The smallest absolute Gasteiger partial charge is 0.302 e. The molecule has 2 N–H and O–H groups in total. The molecule has 0 saturated carbocycles. The van der Waals surface area contributed by atoms with Gasteiger partial charge in [-0.1, -0.05) is 12.1 Å². The van der Waals surface area contributed by atoms with Gasteiger partial charge < -0.3 is 10.1 Å². The predicted octanol–water partition coefficient (Wildman–Crippen LogP) is 1.96. The zero-order chi connectivity index (χ0) is 17.6. The molecular weight excluding hydrogens is 328 g/mol. The van der Waals surface area contributed by atoms with Gasteiger partial charge in [0.25, 0.3) is 0 Å². The molecule has 1 aromatic heterocycles. The van der Waals surface area contributed by atoms with Crippen LogP contribution in [0.15, 0.2) is 42.6 Å². The highest BCUT2D eigenvalue weighted by Gasteiger charge is 2.13. The first-order valence-corrected chi connectivity index (χ1v) is 8.88. The molecule has 0 spiro atoms. The second-order valence-electron chi connectivity index (χ2n) is 5.35. The average Bonchev–Trinajstić information content (AvgIpc) is 2.56. The number of nitrogens with one attached hydrogen (secondary N) is 2. The molecule has 0 fully saturated rings. The van der Waals surface area contributed by atoms with Gasteiger partial charge in [0.05, 0.1) is 19.0 Å². The quantitative estimate of drug-likeness (QED) is 0.760. The highest BCUT2D eigenvalue weighted by atomic mass is 32.2. The number of rotatable bonds is 8. The highest BCUT2D eigenvalue weighted by molar-refractivity contribution is 7.90. The number of hydrogen-bond acceptors (Lipinski definition) is 5. The molecule has 0 aliphatic rings. The van der Waals surface area contributed by atoms with Gasteiger partial charge in [0.2, 0.25) is 0 Å². The minimum absolute atomic E-state index is 0.282. The first kappa shape index (κ1) is 18.0. The zero-order valence-electron chi connectivity index (χ0n) is 14.0. The Balaban J connectivity index is 1.85. The molecular formula is C16H22N4O3S. The molecule has 2 aromatic rings. The molecule has 130 valence electrons. The van der Waals surface area contributed by atoms with E-state index in [1.54, 1.807) is 25.4 Å². The lowest BCUT2D eigenvalue weighted by Gasteiger charge is -2.13. The third kappa shape index (κ3) is 5.10. The Morgan fingerprint density at radius 3 is 2.38 bits per heavy atom. The van der Waals surface area contributed by atoms with Crippen LogP contribution in [0.5, 0.6) is 5.75 Å². The van der Waals surface area contributed by atoms with E-state index in [-0.39, 0.29) is 5.82 Å². The normalized spacial score (nSPS) is 11.3. The number of ether oxygens (including phenoxy) is 1. The molecule has 0 amide bonds. The monoisotopic (exact) mass is 350 g/mol. The molecule has 1 aromatic carbocycles. The molecule has 8 heteroatoms. The lowest BCUT2D eigenvalue weighted by Crippen LogP contribution is -2.29. The van der Waals surface area contributed by atoms with Gasteiger partial charge in [-0.25, -0.2) is 4.98 Å². The van der Waals surface area contributed by atoms with Crippen molar-refractivity contribution in [3.8, 4) is 5.75 Å². The maximum Gasteiger partial charge on any atom is 0.302 e. The molecule has 0 saturated heterocycles. The van der Waals surface area contributed by atoms with E-state index < -0.39 is 10.2 Å². The lowest BCUT2D eigenvalue weighted by atomic mass is 10.1. The van der Waals surface area contributed by atoms with Gasteiger partial charge in [0.1, 0.15) is 11.6 Å². The van der Waals surface area contributed by atoms with Crippen LogP contribution in [0.3, 0.4) is 0 Å². The summed E-state index contributed by atoms with van der Waals surface area (Å²) in [5.74, 6) is 1.12. The maximum absolute atomic E-state index is 11.7. The van der Waals surface area contributed by atoms with Crippen LogP contribution in [0.1, 0.15) is 5.56 Å². The third-order valence-electron chi connectivity index (χ3n) is 3.38. The van der Waals surface area contributed by atoms with Gasteiger partial charge >= 0.3 is 10.2 Å². The van der Waals surface area contributed by atoms with Gasteiger partial charge in [-0.05, 0) is 36.2 Å². The minimum atomic E-state index is -3.53. The van der Waals surface area contributed by atoms with E-state index in [1.807, 2.05) is 24.3 Å². The minimum Gasteiger partial charge on any atom is -0.497 e. The van der Waals surface area contributed by atoms with Gasteiger partial charge in [-0.2, -0.15) is 12.7 Å². The summed E-state index contributed by atoms with van der Waals surface area (Å²) in [6.45, 7) is 0.747. The molecule has 2 rings (SSSR count). The molecule has 24 heavy (non-hydrogen) atoms. The fourth-order valence-electron chi connectivity index (χ4n) is 1.93. The molecule has 0 aliphatic heterocycles. The van der Waals surface area contributed by atoms with E-state index in [1.165, 1.54) is 19.7 Å². The standard InChI is InChI=1S/C16H22N4O3S/c1-20(2)24(21,22)19-16-9-6-14(12-18-16)17-11-10-13-4-7-15(23-3)8-5-13/h4-9,12,17H,10-11H2,1-3H3,(H,18,19). The number of pyridine rings is 1. The topological polar surface area (TPSA) is 83.6 Å². The van der Waals surface area contributed by atoms with E-state index in [0.717, 1.165) is 28.7 Å². The Morgan fingerprint density at radius 1 is 1.12 bits per heavy atom. The molecule has 0 aliphatic carbocycles. The van der Waals surface area contributed by atoms with E-state index in [4.69, 9.17) is 4.74 Å². The van der Waals surface area contributed by atoms with Crippen molar-refractivity contribution in [3.05, 3.63) is 48.2 Å². The first-order valence-electron chi connectivity index (χ1n) is 7.44. The zero-order valence-corrected chi connectivity index (χ0v) is 14.8. The Kier molecular flexibility index (Phi) is 5.99. The summed E-state index contributed by atoms with van der Waals surface area (Å²) in [5.41, 5.74) is 2.03. The van der Waals surface area contributed by atoms with Crippen molar-refractivity contribution in [2.75, 3.05) is 37.8 Å². The van der Waals surface area contributed by atoms with Crippen LogP contribution in [-0.4, -0.2) is 45.5 Å². The number of hydrogen-bond donors (Lipinski definition) is 2. The number of aromatic nitrogens is 1. The fraction of sp³-hybridized carbons (Fsp3) is 0.312. The molecule has 0 radical (unpaired) electrons. The van der Waals surface area contributed by atoms with Crippen LogP contribution in [0, 0.1) is 0 Å². The second-order valence-corrected chi connectivity index (χ2v) is 7.23. The van der Waals surface area contributed by atoms with Crippen LogP contribution in [0.2, 0.25) is 0 Å². The van der Waals surface area contributed by atoms with Crippen molar-refractivity contribution < 1.29 is 13.2 Å². The van der Waals surface area contributed by atoms with E-state index >= 15 is 0 Å². The van der Waals surface area contributed by atoms with Gasteiger partial charge in [0, 0.05) is 20.6 Å². The predicted molar refractivity (Wildman–Crippen MR) is 95.7 cm³/mol. The molecule has 0 bridgehead atoms. The number of anilines is 2. The largest absolute Gasteiger partial charge is 0.497 e. The summed E-state index contributed by atoms with van der Waals surface area (Å²) >= 11 is 0. The van der Waals surface area contributed by atoms with Crippen LogP contribution in [0.25, 0.3) is 0 Å². The summed E-state index contributed by atoms with van der Waals surface area (Å²) in [6.07, 6.45) is 2.46. The number of methoxy groups -OCH3 is 1. The van der Waals surface area contributed by atoms with Gasteiger partial charge in [-0.3, -0.25) is 4.72 Å². The summed E-state index contributed by atoms with van der Waals surface area (Å²) in [7, 11) is 1.02. The highest BCUT2D eigenvalue weighted by Crippen LogP contribution is 2.13. The van der Waals surface area contributed by atoms with Crippen LogP contribution in [-0.2, 0) is 16.6 Å². The maximum atomic E-state index is 11.7. The van der Waals surface area contributed by atoms with Crippen molar-refractivity contribution in [3.63, 3.8) is 0 Å². The van der Waals surface area contributed by atoms with Gasteiger partial charge in [-0.15, -0.1) is 0 Å². The van der Waals surface area contributed by atoms with E-state index in [0.29, 0.717) is 0 Å². The van der Waals surface area contributed by atoms with E-state index in [9.17, 15) is 8.42 Å². The Labute approximate surface area is 142 Å². The Hall–Kier alpha value is -2.32. The SMILES string of the molecule is COc1ccc(CCNc2ccc(NS(=O)(=O)N(C)C)nc2)cc1. The van der Waals surface area contributed by atoms with Crippen LogP contribution >= 0.6 is 0 Å². The number of benzene rings is 1. The number of nitrogens with zero attached hydrogens (tertiary/aromatic N) is 2. The van der Waals surface area contributed by atoms with Crippen molar-refractivity contribution in [2.24, 2.45) is 0 Å². The van der Waals surface area contributed by atoms with E-state index in [2.05, 4.69) is 15.0 Å². The van der Waals surface area contributed by atoms with Crippen molar-refractivity contribution in [1.29, 1.82) is 0 Å². The lowest BCUT2D eigenvalue weighted by molar-refractivity contribution is 0.414. The molecule has 0 unspecified atom stereocenters. The van der Waals surface area contributed by atoms with Crippen molar-refractivity contribution in [2.45, 2.75) is 6.42 Å². The van der Waals surface area contributed by atoms with Crippen molar-refractivity contribution in [1.82, 2.24) is 9.29 Å². The first-order chi connectivity index (χ1) is 11.4. The second kappa shape index (κ2) is 7.98. The summed E-state index contributed by atoms with van der Waals surface area (Å²) in [5, 5.41) is 3.25. The summed E-state index contributed by atoms with van der Waals surface area (Å²) in [4.78, 5) is 4.10. The van der Waals surface area contributed by atoms with Crippen LogP contribution in [0.4, 0.5) is 11.5 Å². The Morgan fingerprint density at radius 2 is 1.83 bits per heavy atom. The molecule has 1 heterocycles. The molecule has 7 nitrogen and oxygen atoms in total.